The molecule has 0 radical (unpaired) electrons. The number of ether oxygens (including phenoxy) is 2. The average Bonchev–Trinajstić information content (AvgIpc) is 3.05. The van der Waals surface area contributed by atoms with Crippen molar-refractivity contribution in [1.29, 1.82) is 0 Å². The molecule has 1 N–H and O–H groups in total. The molecule has 0 aliphatic rings. The molecule has 222 valence electrons. The molecule has 5 aromatic rings. The maximum atomic E-state index is 14.4. The Balaban J connectivity index is 1.46. The second-order valence-corrected chi connectivity index (χ2v) is 10.5. The number of amides is 1. The molecule has 0 saturated heterocycles. The van der Waals surface area contributed by atoms with Crippen LogP contribution in [0.5, 0.6) is 5.75 Å². The molecule has 0 aromatic heterocycles. The van der Waals surface area contributed by atoms with Crippen LogP contribution in [0, 0.1) is 5.82 Å². The number of benzene rings is 5. The Bertz CT molecular complexity index is 1580. The Morgan fingerprint density at radius 1 is 0.750 bits per heavy atom. The lowest BCUT2D eigenvalue weighted by molar-refractivity contribution is -0.145. The highest BCUT2D eigenvalue weighted by Crippen LogP contribution is 2.41. The summed E-state index contributed by atoms with van der Waals surface area (Å²) >= 11 is 6.08. The van der Waals surface area contributed by atoms with E-state index in [0.717, 1.165) is 28.3 Å². The van der Waals surface area contributed by atoms with Gasteiger partial charge in [0.2, 0.25) is 0 Å². The summed E-state index contributed by atoms with van der Waals surface area (Å²) in [5.74, 6) is -1.62. The molecule has 44 heavy (non-hydrogen) atoms. The Morgan fingerprint density at radius 2 is 1.27 bits per heavy atom. The van der Waals surface area contributed by atoms with Crippen molar-refractivity contribution < 1.29 is 23.5 Å². The summed E-state index contributed by atoms with van der Waals surface area (Å²) in [5, 5.41) is 2.55. The summed E-state index contributed by atoms with van der Waals surface area (Å²) < 4.78 is 26.5. The summed E-state index contributed by atoms with van der Waals surface area (Å²) in [6.07, 6.45) is 0.109. The fourth-order valence-corrected chi connectivity index (χ4v) is 5.43. The van der Waals surface area contributed by atoms with Gasteiger partial charge in [-0.25, -0.2) is 9.18 Å². The third kappa shape index (κ3) is 6.66. The van der Waals surface area contributed by atoms with E-state index >= 15 is 0 Å². The van der Waals surface area contributed by atoms with Gasteiger partial charge in [-0.05, 0) is 36.8 Å². The number of hydrogen-bond donors (Lipinski definition) is 1. The molecule has 1 atom stereocenters. The number of carbonyl (C=O) groups excluding carboxylic acids is 2. The third-order valence-corrected chi connectivity index (χ3v) is 7.56. The minimum absolute atomic E-state index is 0.0506. The maximum Gasteiger partial charge on any atom is 0.328 e. The van der Waals surface area contributed by atoms with Crippen LogP contribution in [0.2, 0.25) is 5.02 Å². The second kappa shape index (κ2) is 14.0. The Hall–Kier alpha value is -4.94. The molecule has 0 bridgehead atoms. The Labute approximate surface area is 261 Å². The van der Waals surface area contributed by atoms with Crippen molar-refractivity contribution in [3.05, 3.63) is 172 Å². The number of nitrogens with one attached hydrogen (secondary N) is 1. The summed E-state index contributed by atoms with van der Waals surface area (Å²) in [6, 6.07) is 40.3. The molecule has 7 heteroatoms. The monoisotopic (exact) mass is 607 g/mol. The molecule has 5 rings (SSSR count). The van der Waals surface area contributed by atoms with Gasteiger partial charge in [-0.15, -0.1) is 0 Å². The zero-order chi connectivity index (χ0) is 30.9. The molecular weight excluding hydrogens is 577 g/mol. The topological polar surface area (TPSA) is 64.6 Å². The normalized spacial score (nSPS) is 11.8. The Morgan fingerprint density at radius 3 is 1.75 bits per heavy atom. The zero-order valence-corrected chi connectivity index (χ0v) is 24.8. The summed E-state index contributed by atoms with van der Waals surface area (Å²) in [5.41, 5.74) is 2.33. The van der Waals surface area contributed by atoms with Crippen LogP contribution in [0.1, 0.15) is 39.5 Å². The van der Waals surface area contributed by atoms with Crippen LogP contribution in [-0.4, -0.2) is 24.5 Å². The number of halogens is 2. The summed E-state index contributed by atoms with van der Waals surface area (Å²) in [6.45, 7) is 1.80. The lowest BCUT2D eigenvalue weighted by Gasteiger charge is -2.36. The van der Waals surface area contributed by atoms with Crippen molar-refractivity contribution in [3.63, 3.8) is 0 Å². The van der Waals surface area contributed by atoms with Gasteiger partial charge >= 0.3 is 5.97 Å². The van der Waals surface area contributed by atoms with Crippen molar-refractivity contribution >= 4 is 23.5 Å². The molecule has 0 aliphatic carbocycles. The van der Waals surface area contributed by atoms with Crippen LogP contribution in [0.15, 0.2) is 133 Å². The molecule has 1 amide bonds. The molecule has 0 spiro atoms. The molecular formula is C37H31ClFNO4. The van der Waals surface area contributed by atoms with Crippen LogP contribution >= 0.6 is 11.6 Å². The van der Waals surface area contributed by atoms with Gasteiger partial charge in [-0.1, -0.05) is 121 Å². The lowest BCUT2D eigenvalue weighted by Crippen LogP contribution is -2.43. The predicted octanol–water partition coefficient (Wildman–Crippen LogP) is 7.75. The minimum atomic E-state index is -1.07. The van der Waals surface area contributed by atoms with E-state index in [1.807, 2.05) is 115 Å². The van der Waals surface area contributed by atoms with Crippen LogP contribution < -0.4 is 10.1 Å². The average molecular weight is 608 g/mol. The van der Waals surface area contributed by atoms with Crippen LogP contribution in [0.3, 0.4) is 0 Å². The van der Waals surface area contributed by atoms with E-state index in [9.17, 15) is 14.0 Å². The highest BCUT2D eigenvalue weighted by atomic mass is 35.5. The fourth-order valence-electron chi connectivity index (χ4n) is 5.18. The quantitative estimate of drug-likeness (QED) is 0.123. The smallest absolute Gasteiger partial charge is 0.328 e. The van der Waals surface area contributed by atoms with Gasteiger partial charge in [0.1, 0.15) is 17.6 Å². The van der Waals surface area contributed by atoms with E-state index in [1.165, 1.54) is 12.1 Å². The molecule has 0 fully saturated rings. The van der Waals surface area contributed by atoms with Crippen LogP contribution in [0.25, 0.3) is 0 Å². The summed E-state index contributed by atoms with van der Waals surface area (Å²) in [7, 11) is 0. The zero-order valence-electron chi connectivity index (χ0n) is 24.1. The predicted molar refractivity (Wildman–Crippen MR) is 169 cm³/mol. The third-order valence-electron chi connectivity index (χ3n) is 7.24. The van der Waals surface area contributed by atoms with E-state index in [2.05, 4.69) is 5.32 Å². The van der Waals surface area contributed by atoms with Crippen LogP contribution in [-0.2, 0) is 21.6 Å². The maximum absolute atomic E-state index is 14.4. The first-order valence-electron chi connectivity index (χ1n) is 14.3. The van der Waals surface area contributed by atoms with Crippen molar-refractivity contribution in [2.45, 2.75) is 25.0 Å². The van der Waals surface area contributed by atoms with Gasteiger partial charge in [0, 0.05) is 23.1 Å². The second-order valence-electron chi connectivity index (χ2n) is 10.1. The van der Waals surface area contributed by atoms with Crippen molar-refractivity contribution in [2.75, 3.05) is 6.61 Å². The lowest BCUT2D eigenvalue weighted by atomic mass is 9.80. The minimum Gasteiger partial charge on any atom is -0.473 e. The molecule has 0 saturated carbocycles. The van der Waals surface area contributed by atoms with Gasteiger partial charge in [0.05, 0.1) is 17.2 Å². The molecule has 0 aliphatic heterocycles. The highest BCUT2D eigenvalue weighted by molar-refractivity contribution is 6.33. The van der Waals surface area contributed by atoms with Crippen molar-refractivity contribution in [3.8, 4) is 5.75 Å². The van der Waals surface area contributed by atoms with Gasteiger partial charge in [0.15, 0.2) is 5.60 Å². The number of hydrogen-bond acceptors (Lipinski definition) is 4. The van der Waals surface area contributed by atoms with Gasteiger partial charge < -0.3 is 14.8 Å². The summed E-state index contributed by atoms with van der Waals surface area (Å²) in [4.78, 5) is 25.8. The number of rotatable bonds is 11. The van der Waals surface area contributed by atoms with Crippen molar-refractivity contribution in [1.82, 2.24) is 5.32 Å². The van der Waals surface area contributed by atoms with Crippen LogP contribution in [0.4, 0.5) is 4.39 Å². The van der Waals surface area contributed by atoms with Gasteiger partial charge in [-0.2, -0.15) is 0 Å². The SMILES string of the molecule is CCOC(=O)[C@H](Cc1ccc(OC(c2ccccc2)(c2ccccc2)c2ccccc2)cc1)NC(=O)c1c(F)cccc1Cl. The molecule has 0 unspecified atom stereocenters. The fraction of sp³-hybridized carbons (Fsp3) is 0.135. The highest BCUT2D eigenvalue weighted by Gasteiger charge is 2.39. The van der Waals surface area contributed by atoms with E-state index in [4.69, 9.17) is 21.1 Å². The van der Waals surface area contributed by atoms with Crippen molar-refractivity contribution in [2.24, 2.45) is 0 Å². The first-order valence-corrected chi connectivity index (χ1v) is 14.7. The van der Waals surface area contributed by atoms with E-state index in [-0.39, 0.29) is 23.6 Å². The molecule has 5 aromatic carbocycles. The number of carbonyl (C=O) groups is 2. The number of esters is 1. The molecule has 0 heterocycles. The largest absolute Gasteiger partial charge is 0.473 e. The van der Waals surface area contributed by atoms with E-state index in [0.29, 0.717) is 5.75 Å². The van der Waals surface area contributed by atoms with E-state index in [1.54, 1.807) is 6.92 Å². The first-order chi connectivity index (χ1) is 21.4. The van der Waals surface area contributed by atoms with E-state index < -0.39 is 29.3 Å². The van der Waals surface area contributed by atoms with Gasteiger partial charge in [-0.3, -0.25) is 4.79 Å². The first kappa shape index (κ1) is 30.5. The Kier molecular flexibility index (Phi) is 9.72. The molecule has 5 nitrogen and oxygen atoms in total. The standard InChI is InChI=1S/C37H31ClFNO4/c1-2-43-36(42)33(40-35(41)34-31(38)19-12-20-32(34)39)25-26-21-23-30(24-22-26)44-37(27-13-6-3-7-14-27,28-15-8-4-9-16-28)29-17-10-5-11-18-29/h3-24,33H,2,25H2,1H3,(H,40,41)/t33-/m0/s1. The van der Waals surface area contributed by atoms with Gasteiger partial charge in [0.25, 0.3) is 5.91 Å².